The molecule has 2 amide bonds. The van der Waals surface area contributed by atoms with Crippen LogP contribution in [0.25, 0.3) is 11.0 Å². The molecule has 8 nitrogen and oxygen atoms in total. The normalized spacial score (nSPS) is 10.9. The molecule has 0 spiro atoms. The number of para-hydroxylation sites is 2. The summed E-state index contributed by atoms with van der Waals surface area (Å²) in [5, 5.41) is 10.5. The number of carbonyl (C=O) groups is 2. The van der Waals surface area contributed by atoms with Gasteiger partial charge in [-0.1, -0.05) is 89.7 Å². The van der Waals surface area contributed by atoms with Crippen molar-refractivity contribution in [2.24, 2.45) is 0 Å². The zero-order valence-electron chi connectivity index (χ0n) is 19.2. The second kappa shape index (κ2) is 10.9. The number of benzene rings is 3. The Kier molecular flexibility index (Phi) is 7.09. The number of fused-ring (bicyclic) bond motifs is 1. The zero-order valence-corrected chi connectivity index (χ0v) is 20.0. The summed E-state index contributed by atoms with van der Waals surface area (Å²) in [5.41, 5.74) is 4.14. The number of nitrogens with one attached hydrogen (secondary N) is 3. The second-order valence-corrected chi connectivity index (χ2v) is 8.98. The van der Waals surface area contributed by atoms with Gasteiger partial charge in [-0.2, -0.15) is 0 Å². The number of amides is 2. The van der Waals surface area contributed by atoms with Crippen molar-refractivity contribution >= 4 is 34.6 Å². The van der Waals surface area contributed by atoms with E-state index >= 15 is 0 Å². The molecule has 9 heteroatoms. The number of carbonyl (C=O) groups excluding carboxylic acids is 2. The van der Waals surface area contributed by atoms with E-state index in [1.54, 1.807) is 0 Å². The number of thioether (sulfide) groups is 1. The fourth-order valence-electron chi connectivity index (χ4n) is 3.67. The molecule has 36 heavy (non-hydrogen) atoms. The number of hydrogen-bond donors (Lipinski definition) is 3. The number of aromatic amines is 1. The summed E-state index contributed by atoms with van der Waals surface area (Å²) in [6, 6.07) is 26.8. The Morgan fingerprint density at radius 3 is 2.08 bits per heavy atom. The minimum Gasteiger partial charge on any atom is -0.350 e. The number of hydrogen-bond acceptors (Lipinski definition) is 6. The van der Waals surface area contributed by atoms with Crippen molar-refractivity contribution in [2.45, 2.75) is 24.0 Å². The van der Waals surface area contributed by atoms with Crippen LogP contribution >= 0.6 is 11.8 Å². The van der Waals surface area contributed by atoms with Gasteiger partial charge in [-0.05, 0) is 23.3 Å². The summed E-state index contributed by atoms with van der Waals surface area (Å²) >= 11 is 1.38. The Morgan fingerprint density at radius 2 is 1.42 bits per heavy atom. The molecule has 0 bridgehead atoms. The van der Waals surface area contributed by atoms with E-state index < -0.39 is 11.8 Å². The molecule has 0 atom stereocenters. The van der Waals surface area contributed by atoms with Crippen LogP contribution in [0.3, 0.4) is 0 Å². The van der Waals surface area contributed by atoms with E-state index in [2.05, 4.69) is 25.8 Å². The summed E-state index contributed by atoms with van der Waals surface area (Å²) in [4.78, 5) is 34.0. The van der Waals surface area contributed by atoms with Gasteiger partial charge in [0.2, 0.25) is 5.76 Å². The predicted octanol–water partition coefficient (Wildman–Crippen LogP) is 4.70. The van der Waals surface area contributed by atoms with E-state index in [-0.39, 0.29) is 11.3 Å². The van der Waals surface area contributed by atoms with Gasteiger partial charge in [0.05, 0.1) is 11.0 Å². The third-order valence-electron chi connectivity index (χ3n) is 5.50. The molecule has 2 aromatic heterocycles. The first-order valence-corrected chi connectivity index (χ1v) is 12.4. The smallest absolute Gasteiger partial charge is 0.291 e. The molecule has 3 aromatic carbocycles. The van der Waals surface area contributed by atoms with Crippen molar-refractivity contribution in [1.82, 2.24) is 25.8 Å². The Hall–Kier alpha value is -4.37. The molecule has 0 aliphatic rings. The van der Waals surface area contributed by atoms with Crippen LogP contribution in [-0.4, -0.2) is 26.9 Å². The van der Waals surface area contributed by atoms with Crippen LogP contribution < -0.4 is 10.6 Å². The van der Waals surface area contributed by atoms with E-state index in [0.717, 1.165) is 22.2 Å². The van der Waals surface area contributed by atoms with Crippen LogP contribution in [0.2, 0.25) is 0 Å². The number of imidazole rings is 1. The summed E-state index contributed by atoms with van der Waals surface area (Å²) in [7, 11) is 0. The lowest BCUT2D eigenvalue weighted by molar-refractivity contribution is 0.0889. The van der Waals surface area contributed by atoms with E-state index in [1.165, 1.54) is 11.8 Å². The van der Waals surface area contributed by atoms with Crippen LogP contribution in [0.4, 0.5) is 0 Å². The van der Waals surface area contributed by atoms with Crippen molar-refractivity contribution in [1.29, 1.82) is 0 Å². The molecule has 5 aromatic rings. The zero-order chi connectivity index (χ0) is 24.7. The molecule has 2 heterocycles. The van der Waals surface area contributed by atoms with E-state index in [4.69, 9.17) is 4.52 Å². The van der Waals surface area contributed by atoms with Crippen LogP contribution in [0.1, 0.15) is 37.7 Å². The predicted molar refractivity (Wildman–Crippen MR) is 137 cm³/mol. The molecule has 0 saturated heterocycles. The van der Waals surface area contributed by atoms with Crippen LogP contribution in [0, 0.1) is 0 Å². The van der Waals surface area contributed by atoms with Crippen molar-refractivity contribution in [3.8, 4) is 0 Å². The second-order valence-electron chi connectivity index (χ2n) is 8.02. The number of nitrogens with zero attached hydrogens (tertiary/aromatic N) is 2. The molecular weight excluding hydrogens is 474 g/mol. The maximum atomic E-state index is 13.2. The molecule has 3 N–H and O–H groups in total. The highest BCUT2D eigenvalue weighted by Crippen LogP contribution is 2.26. The lowest BCUT2D eigenvalue weighted by atomic mass is 10.1. The van der Waals surface area contributed by atoms with Crippen molar-refractivity contribution in [3.05, 3.63) is 113 Å². The highest BCUT2D eigenvalue weighted by Gasteiger charge is 2.28. The van der Waals surface area contributed by atoms with E-state index in [1.807, 2.05) is 84.9 Å². The number of H-pyrrole nitrogens is 1. The van der Waals surface area contributed by atoms with Gasteiger partial charge in [-0.15, -0.1) is 0 Å². The highest BCUT2D eigenvalue weighted by atomic mass is 32.2. The average Bonchev–Trinajstić information content (AvgIpc) is 3.54. The van der Waals surface area contributed by atoms with Gasteiger partial charge in [-0.3, -0.25) is 9.59 Å². The molecule has 5 rings (SSSR count). The first-order valence-electron chi connectivity index (χ1n) is 11.4. The van der Waals surface area contributed by atoms with Gasteiger partial charge in [-0.25, -0.2) is 4.98 Å². The Labute approximate surface area is 211 Å². The summed E-state index contributed by atoms with van der Waals surface area (Å²) in [6.07, 6.45) is 0. The van der Waals surface area contributed by atoms with Crippen LogP contribution in [0.15, 0.2) is 94.6 Å². The molecule has 0 radical (unpaired) electrons. The molecular formula is C27H23N5O3S. The van der Waals surface area contributed by atoms with E-state index in [0.29, 0.717) is 29.7 Å². The number of aromatic nitrogens is 3. The first kappa shape index (κ1) is 23.4. The van der Waals surface area contributed by atoms with Gasteiger partial charge in [0.25, 0.3) is 11.8 Å². The first-order chi connectivity index (χ1) is 17.7. The van der Waals surface area contributed by atoms with Gasteiger partial charge >= 0.3 is 0 Å². The molecule has 0 unspecified atom stereocenters. The maximum Gasteiger partial charge on any atom is 0.291 e. The fourth-order valence-corrected chi connectivity index (χ4v) is 4.49. The standard InChI is InChI=1S/C27H23N5O3S/c33-25(28-15-18-9-3-1-4-10-18)23-22(17-36-27-30-20-13-7-8-14-21(20)31-27)32-35-24(23)26(34)29-16-19-11-5-2-6-12-19/h1-14H,15-17H2,(H,28,33)(H,29,34)(H,30,31). The average molecular weight is 498 g/mol. The fraction of sp³-hybridized carbons (Fsp3) is 0.111. The lowest BCUT2D eigenvalue weighted by Crippen LogP contribution is -2.28. The monoisotopic (exact) mass is 497 g/mol. The van der Waals surface area contributed by atoms with Gasteiger partial charge < -0.3 is 20.1 Å². The summed E-state index contributed by atoms with van der Waals surface area (Å²) in [5.74, 6) is -0.748. The molecule has 0 aliphatic heterocycles. The van der Waals surface area contributed by atoms with Crippen molar-refractivity contribution in [3.63, 3.8) is 0 Å². The molecule has 0 aliphatic carbocycles. The Bertz CT molecular complexity index is 1450. The third kappa shape index (κ3) is 5.47. The minimum absolute atomic E-state index is 0.114. The van der Waals surface area contributed by atoms with Gasteiger partial charge in [0, 0.05) is 18.8 Å². The quantitative estimate of drug-likeness (QED) is 0.254. The Morgan fingerprint density at radius 1 is 0.806 bits per heavy atom. The maximum absolute atomic E-state index is 13.2. The van der Waals surface area contributed by atoms with Crippen molar-refractivity contribution in [2.75, 3.05) is 0 Å². The molecule has 0 saturated carbocycles. The lowest BCUT2D eigenvalue weighted by Gasteiger charge is -2.07. The largest absolute Gasteiger partial charge is 0.350 e. The molecule has 0 fully saturated rings. The van der Waals surface area contributed by atoms with Gasteiger partial charge in [0.15, 0.2) is 5.16 Å². The summed E-state index contributed by atoms with van der Waals surface area (Å²) in [6.45, 7) is 0.612. The topological polar surface area (TPSA) is 113 Å². The van der Waals surface area contributed by atoms with E-state index in [9.17, 15) is 9.59 Å². The number of rotatable bonds is 9. The van der Waals surface area contributed by atoms with Crippen LogP contribution in [0.5, 0.6) is 0 Å². The SMILES string of the molecule is O=C(NCc1ccccc1)c1onc(CSc2nc3ccccc3[nH]2)c1C(=O)NCc1ccccc1. The van der Waals surface area contributed by atoms with Gasteiger partial charge in [0.1, 0.15) is 11.3 Å². The minimum atomic E-state index is -0.504. The third-order valence-corrected chi connectivity index (χ3v) is 6.39. The van der Waals surface area contributed by atoms with Crippen LogP contribution in [-0.2, 0) is 18.8 Å². The summed E-state index contributed by atoms with van der Waals surface area (Å²) < 4.78 is 5.40. The Balaban J connectivity index is 1.35. The highest BCUT2D eigenvalue weighted by molar-refractivity contribution is 7.98. The van der Waals surface area contributed by atoms with Crippen molar-refractivity contribution < 1.29 is 14.1 Å². The molecule has 180 valence electrons.